The van der Waals surface area contributed by atoms with Crippen molar-refractivity contribution in [3.63, 3.8) is 0 Å². The summed E-state index contributed by atoms with van der Waals surface area (Å²) < 4.78 is 0. The molecule has 1 heterocycles. The van der Waals surface area contributed by atoms with Gasteiger partial charge in [0.15, 0.2) is 0 Å². The molecule has 2 rings (SSSR count). The van der Waals surface area contributed by atoms with E-state index in [1.165, 1.54) is 5.56 Å². The van der Waals surface area contributed by atoms with E-state index >= 15 is 0 Å². The van der Waals surface area contributed by atoms with Crippen LogP contribution < -0.4 is 0 Å². The molecule has 0 spiro atoms. The summed E-state index contributed by atoms with van der Waals surface area (Å²) in [6, 6.07) is 10.5. The number of aromatic nitrogens is 2. The molecule has 0 amide bonds. The molecule has 0 aliphatic heterocycles. The topological polar surface area (TPSA) is 25.8 Å². The zero-order valence-electron chi connectivity index (χ0n) is 9.94. The van der Waals surface area contributed by atoms with E-state index in [4.69, 9.17) is 0 Å². The quantitative estimate of drug-likeness (QED) is 0.760. The summed E-state index contributed by atoms with van der Waals surface area (Å²) in [5.74, 6) is 0.437. The largest absolute Gasteiger partial charge is 0.241 e. The lowest BCUT2D eigenvalue weighted by Crippen LogP contribution is -1.94. The normalized spacial score (nSPS) is 10.8. The Labute approximate surface area is 96.4 Å². The number of hydrogen-bond donors (Lipinski definition) is 0. The SMILES string of the molecule is Cc1ccc(-c2cc(C(C)C)ncn2)cc1. The first kappa shape index (κ1) is 10.8. The zero-order valence-corrected chi connectivity index (χ0v) is 9.94. The van der Waals surface area contributed by atoms with E-state index in [9.17, 15) is 0 Å². The smallest absolute Gasteiger partial charge is 0.116 e. The lowest BCUT2D eigenvalue weighted by atomic mass is 10.1. The van der Waals surface area contributed by atoms with Crippen LogP contribution in [0.15, 0.2) is 36.7 Å². The van der Waals surface area contributed by atoms with Crippen molar-refractivity contribution in [2.75, 3.05) is 0 Å². The second-order valence-corrected chi connectivity index (χ2v) is 4.35. The number of rotatable bonds is 2. The molecule has 0 aliphatic rings. The molecule has 82 valence electrons. The molecule has 1 aromatic carbocycles. The standard InChI is InChI=1S/C14H16N2/c1-10(2)13-8-14(16-9-15-13)12-6-4-11(3)5-7-12/h4-10H,1-3H3. The van der Waals surface area contributed by atoms with Crippen molar-refractivity contribution in [3.8, 4) is 11.3 Å². The minimum atomic E-state index is 0.437. The number of aryl methyl sites for hydroxylation is 1. The van der Waals surface area contributed by atoms with Gasteiger partial charge in [-0.25, -0.2) is 9.97 Å². The summed E-state index contributed by atoms with van der Waals surface area (Å²) in [6.07, 6.45) is 1.64. The number of nitrogens with zero attached hydrogens (tertiary/aromatic N) is 2. The van der Waals surface area contributed by atoms with Gasteiger partial charge in [-0.3, -0.25) is 0 Å². The lowest BCUT2D eigenvalue weighted by Gasteiger charge is -2.06. The van der Waals surface area contributed by atoms with Gasteiger partial charge in [0.05, 0.1) is 5.69 Å². The van der Waals surface area contributed by atoms with Crippen LogP contribution in [0, 0.1) is 6.92 Å². The summed E-state index contributed by atoms with van der Waals surface area (Å²) in [6.45, 7) is 6.37. The fraction of sp³-hybridized carbons (Fsp3) is 0.286. The monoisotopic (exact) mass is 212 g/mol. The fourth-order valence-electron chi connectivity index (χ4n) is 1.57. The molecule has 2 nitrogen and oxygen atoms in total. The van der Waals surface area contributed by atoms with Gasteiger partial charge >= 0.3 is 0 Å². The Hall–Kier alpha value is -1.70. The van der Waals surface area contributed by atoms with Crippen LogP contribution >= 0.6 is 0 Å². The van der Waals surface area contributed by atoms with Crippen LogP contribution in [0.1, 0.15) is 31.0 Å². The van der Waals surface area contributed by atoms with Crippen molar-refractivity contribution in [1.29, 1.82) is 0 Å². The molecule has 0 atom stereocenters. The third-order valence-corrected chi connectivity index (χ3v) is 2.63. The average molecular weight is 212 g/mol. The summed E-state index contributed by atoms with van der Waals surface area (Å²) >= 11 is 0. The Kier molecular flexibility index (Phi) is 3.00. The van der Waals surface area contributed by atoms with Crippen LogP contribution in [-0.2, 0) is 0 Å². The molecule has 0 bridgehead atoms. The van der Waals surface area contributed by atoms with Crippen LogP contribution in [0.3, 0.4) is 0 Å². The van der Waals surface area contributed by atoms with Gasteiger partial charge in [0.1, 0.15) is 6.33 Å². The summed E-state index contributed by atoms with van der Waals surface area (Å²) in [7, 11) is 0. The highest BCUT2D eigenvalue weighted by atomic mass is 14.8. The van der Waals surface area contributed by atoms with E-state index < -0.39 is 0 Å². The predicted molar refractivity (Wildman–Crippen MR) is 66.3 cm³/mol. The van der Waals surface area contributed by atoms with Gasteiger partial charge in [0.2, 0.25) is 0 Å². The Bertz CT molecular complexity index is 472. The average Bonchev–Trinajstić information content (AvgIpc) is 2.30. The van der Waals surface area contributed by atoms with Crippen molar-refractivity contribution in [2.45, 2.75) is 26.7 Å². The number of benzene rings is 1. The van der Waals surface area contributed by atoms with Crippen LogP contribution in [0.2, 0.25) is 0 Å². The van der Waals surface area contributed by atoms with E-state index in [1.54, 1.807) is 6.33 Å². The van der Waals surface area contributed by atoms with Crippen molar-refractivity contribution in [3.05, 3.63) is 47.9 Å². The third-order valence-electron chi connectivity index (χ3n) is 2.63. The van der Waals surface area contributed by atoms with E-state index in [-0.39, 0.29) is 0 Å². The van der Waals surface area contributed by atoms with E-state index in [0.29, 0.717) is 5.92 Å². The molecule has 0 radical (unpaired) electrons. The minimum absolute atomic E-state index is 0.437. The maximum Gasteiger partial charge on any atom is 0.116 e. The van der Waals surface area contributed by atoms with Crippen LogP contribution in [-0.4, -0.2) is 9.97 Å². The minimum Gasteiger partial charge on any atom is -0.241 e. The molecule has 0 saturated carbocycles. The van der Waals surface area contributed by atoms with E-state index in [0.717, 1.165) is 17.0 Å². The van der Waals surface area contributed by atoms with Gasteiger partial charge in [-0.1, -0.05) is 43.7 Å². The van der Waals surface area contributed by atoms with Gasteiger partial charge in [-0.2, -0.15) is 0 Å². The predicted octanol–water partition coefficient (Wildman–Crippen LogP) is 3.58. The van der Waals surface area contributed by atoms with E-state index in [2.05, 4.69) is 61.1 Å². The molecular weight excluding hydrogens is 196 g/mol. The molecule has 2 heteroatoms. The highest BCUT2D eigenvalue weighted by Gasteiger charge is 2.04. The lowest BCUT2D eigenvalue weighted by molar-refractivity contribution is 0.815. The summed E-state index contributed by atoms with van der Waals surface area (Å²) in [4.78, 5) is 8.58. The maximum atomic E-state index is 4.31. The first-order chi connectivity index (χ1) is 7.66. The van der Waals surface area contributed by atoms with Gasteiger partial charge in [-0.05, 0) is 18.9 Å². The van der Waals surface area contributed by atoms with Gasteiger partial charge < -0.3 is 0 Å². The second kappa shape index (κ2) is 4.44. The Balaban J connectivity index is 2.40. The highest BCUT2D eigenvalue weighted by Crippen LogP contribution is 2.20. The molecule has 2 aromatic rings. The fourth-order valence-corrected chi connectivity index (χ4v) is 1.57. The second-order valence-electron chi connectivity index (χ2n) is 4.35. The molecule has 1 aromatic heterocycles. The van der Waals surface area contributed by atoms with Crippen LogP contribution in [0.5, 0.6) is 0 Å². The molecule has 0 unspecified atom stereocenters. The molecule has 0 aliphatic carbocycles. The Morgan fingerprint density at radius 2 is 1.69 bits per heavy atom. The Morgan fingerprint density at radius 1 is 1.00 bits per heavy atom. The third kappa shape index (κ3) is 2.27. The molecular formula is C14H16N2. The summed E-state index contributed by atoms with van der Waals surface area (Å²) in [5.41, 5.74) is 4.50. The van der Waals surface area contributed by atoms with Crippen molar-refractivity contribution in [1.82, 2.24) is 9.97 Å². The zero-order chi connectivity index (χ0) is 11.5. The summed E-state index contributed by atoms with van der Waals surface area (Å²) in [5, 5.41) is 0. The van der Waals surface area contributed by atoms with Gasteiger partial charge in [-0.15, -0.1) is 0 Å². The van der Waals surface area contributed by atoms with Crippen molar-refractivity contribution >= 4 is 0 Å². The molecule has 0 saturated heterocycles. The maximum absolute atomic E-state index is 4.31. The molecule has 0 N–H and O–H groups in total. The van der Waals surface area contributed by atoms with Gasteiger partial charge in [0, 0.05) is 11.3 Å². The molecule has 16 heavy (non-hydrogen) atoms. The molecule has 0 fully saturated rings. The number of hydrogen-bond acceptors (Lipinski definition) is 2. The van der Waals surface area contributed by atoms with E-state index in [1.807, 2.05) is 0 Å². The van der Waals surface area contributed by atoms with Gasteiger partial charge in [0.25, 0.3) is 0 Å². The first-order valence-electron chi connectivity index (χ1n) is 5.56. The van der Waals surface area contributed by atoms with Crippen LogP contribution in [0.25, 0.3) is 11.3 Å². The van der Waals surface area contributed by atoms with Crippen molar-refractivity contribution < 1.29 is 0 Å². The van der Waals surface area contributed by atoms with Crippen molar-refractivity contribution in [2.24, 2.45) is 0 Å². The first-order valence-corrected chi connectivity index (χ1v) is 5.56. The highest BCUT2D eigenvalue weighted by molar-refractivity contribution is 5.59. The van der Waals surface area contributed by atoms with Crippen LogP contribution in [0.4, 0.5) is 0 Å². The Morgan fingerprint density at radius 3 is 2.31 bits per heavy atom.